The van der Waals surface area contributed by atoms with Crippen LogP contribution >= 0.6 is 0 Å². The summed E-state index contributed by atoms with van der Waals surface area (Å²) in [4.78, 5) is 11.3. The SMILES string of the molecule is O=C1COc2ccc(NCc3ccc(O)cc3O)cc2N1. The first kappa shape index (κ1) is 13.1. The first-order chi connectivity index (χ1) is 10.1. The molecule has 0 aromatic heterocycles. The molecule has 0 aliphatic carbocycles. The standard InChI is InChI=1S/C15H14N2O4/c18-11-3-1-9(13(19)6-11)7-16-10-2-4-14-12(5-10)17-15(20)8-21-14/h1-6,16,18-19H,7-8H2,(H,17,20). The van der Waals surface area contributed by atoms with Gasteiger partial charge in [0.1, 0.15) is 17.2 Å². The zero-order valence-corrected chi connectivity index (χ0v) is 11.1. The second-order valence-corrected chi connectivity index (χ2v) is 4.71. The summed E-state index contributed by atoms with van der Waals surface area (Å²) >= 11 is 0. The highest BCUT2D eigenvalue weighted by molar-refractivity contribution is 5.96. The second-order valence-electron chi connectivity index (χ2n) is 4.71. The van der Waals surface area contributed by atoms with E-state index in [4.69, 9.17) is 4.74 Å². The smallest absolute Gasteiger partial charge is 0.262 e. The van der Waals surface area contributed by atoms with Crippen molar-refractivity contribution in [1.29, 1.82) is 0 Å². The van der Waals surface area contributed by atoms with Gasteiger partial charge >= 0.3 is 0 Å². The van der Waals surface area contributed by atoms with Crippen LogP contribution in [0.5, 0.6) is 17.2 Å². The number of rotatable bonds is 3. The Hall–Kier alpha value is -2.89. The number of phenolic OH excluding ortho intramolecular Hbond substituents is 2. The minimum atomic E-state index is -0.184. The molecule has 3 rings (SSSR count). The van der Waals surface area contributed by atoms with E-state index < -0.39 is 0 Å². The van der Waals surface area contributed by atoms with Crippen LogP contribution in [0.25, 0.3) is 0 Å². The van der Waals surface area contributed by atoms with Crippen molar-refractivity contribution in [2.45, 2.75) is 6.54 Å². The van der Waals surface area contributed by atoms with Crippen molar-refractivity contribution in [3.63, 3.8) is 0 Å². The van der Waals surface area contributed by atoms with Gasteiger partial charge in [-0.25, -0.2) is 0 Å². The predicted octanol–water partition coefficient (Wildman–Crippen LogP) is 2.04. The summed E-state index contributed by atoms with van der Waals surface area (Å²) < 4.78 is 5.28. The number of carbonyl (C=O) groups excluding carboxylic acids is 1. The van der Waals surface area contributed by atoms with E-state index in [0.29, 0.717) is 23.5 Å². The van der Waals surface area contributed by atoms with Gasteiger partial charge in [0.15, 0.2) is 6.61 Å². The van der Waals surface area contributed by atoms with Gasteiger partial charge in [-0.1, -0.05) is 0 Å². The molecule has 2 aromatic rings. The summed E-state index contributed by atoms with van der Waals surface area (Å²) in [5.41, 5.74) is 2.06. The highest BCUT2D eigenvalue weighted by Crippen LogP contribution is 2.31. The molecule has 108 valence electrons. The average molecular weight is 286 g/mol. The molecule has 0 saturated carbocycles. The molecule has 0 spiro atoms. The van der Waals surface area contributed by atoms with Crippen molar-refractivity contribution >= 4 is 17.3 Å². The maximum Gasteiger partial charge on any atom is 0.262 e. The number of ether oxygens (including phenoxy) is 1. The number of fused-ring (bicyclic) bond motifs is 1. The maximum atomic E-state index is 11.3. The van der Waals surface area contributed by atoms with Crippen LogP contribution in [0.3, 0.4) is 0 Å². The van der Waals surface area contributed by atoms with Gasteiger partial charge in [-0.15, -0.1) is 0 Å². The molecule has 0 radical (unpaired) electrons. The van der Waals surface area contributed by atoms with Crippen LogP contribution in [-0.2, 0) is 11.3 Å². The number of hydrogen-bond donors (Lipinski definition) is 4. The number of nitrogens with one attached hydrogen (secondary N) is 2. The van der Waals surface area contributed by atoms with Crippen LogP contribution in [0.15, 0.2) is 36.4 Å². The quantitative estimate of drug-likeness (QED) is 0.693. The predicted molar refractivity (Wildman–Crippen MR) is 77.7 cm³/mol. The fourth-order valence-electron chi connectivity index (χ4n) is 2.09. The second kappa shape index (κ2) is 5.24. The Morgan fingerprint density at radius 3 is 2.86 bits per heavy atom. The van der Waals surface area contributed by atoms with Crippen molar-refractivity contribution in [2.75, 3.05) is 17.2 Å². The normalized spacial score (nSPS) is 13.0. The lowest BCUT2D eigenvalue weighted by Gasteiger charge is -2.19. The third-order valence-electron chi connectivity index (χ3n) is 3.16. The van der Waals surface area contributed by atoms with Gasteiger partial charge in [-0.3, -0.25) is 4.79 Å². The third kappa shape index (κ3) is 2.84. The van der Waals surface area contributed by atoms with Gasteiger partial charge in [0.05, 0.1) is 5.69 Å². The van der Waals surface area contributed by atoms with Crippen molar-refractivity contribution in [1.82, 2.24) is 0 Å². The molecule has 1 aliphatic rings. The molecule has 1 heterocycles. The number of anilines is 2. The molecule has 6 heteroatoms. The molecule has 0 bridgehead atoms. The molecule has 0 atom stereocenters. The topological polar surface area (TPSA) is 90.8 Å². The summed E-state index contributed by atoms with van der Waals surface area (Å²) in [6.45, 7) is 0.418. The minimum absolute atomic E-state index is 0.0184. The van der Waals surface area contributed by atoms with E-state index in [1.54, 1.807) is 18.2 Å². The minimum Gasteiger partial charge on any atom is -0.508 e. The fourth-order valence-corrected chi connectivity index (χ4v) is 2.09. The van der Waals surface area contributed by atoms with Gasteiger partial charge in [0.25, 0.3) is 5.91 Å². The van der Waals surface area contributed by atoms with Crippen LogP contribution in [0.2, 0.25) is 0 Å². The van der Waals surface area contributed by atoms with Crippen molar-refractivity contribution < 1.29 is 19.7 Å². The molecule has 0 fully saturated rings. The monoisotopic (exact) mass is 286 g/mol. The van der Waals surface area contributed by atoms with E-state index in [1.165, 1.54) is 12.1 Å². The Labute approximate surface area is 121 Å². The van der Waals surface area contributed by atoms with Crippen LogP contribution < -0.4 is 15.4 Å². The Morgan fingerprint density at radius 2 is 2.05 bits per heavy atom. The number of hydrogen-bond acceptors (Lipinski definition) is 5. The molecule has 0 saturated heterocycles. The van der Waals surface area contributed by atoms with Gasteiger partial charge < -0.3 is 25.6 Å². The molecular formula is C15H14N2O4. The van der Waals surface area contributed by atoms with Crippen molar-refractivity contribution in [3.05, 3.63) is 42.0 Å². The van der Waals surface area contributed by atoms with Gasteiger partial charge in [0, 0.05) is 23.9 Å². The van der Waals surface area contributed by atoms with Gasteiger partial charge in [0.2, 0.25) is 0 Å². The van der Waals surface area contributed by atoms with E-state index in [-0.39, 0.29) is 24.0 Å². The Morgan fingerprint density at radius 1 is 1.19 bits per heavy atom. The van der Waals surface area contributed by atoms with Gasteiger partial charge in [-0.2, -0.15) is 0 Å². The Bertz CT molecular complexity index is 700. The molecular weight excluding hydrogens is 272 g/mol. The first-order valence-electron chi connectivity index (χ1n) is 6.43. The molecule has 1 amide bonds. The van der Waals surface area contributed by atoms with E-state index in [1.807, 2.05) is 6.07 Å². The number of aromatic hydroxyl groups is 2. The highest BCUT2D eigenvalue weighted by atomic mass is 16.5. The fraction of sp³-hybridized carbons (Fsp3) is 0.133. The van der Waals surface area contributed by atoms with E-state index in [2.05, 4.69) is 10.6 Å². The number of carbonyl (C=O) groups is 1. The van der Waals surface area contributed by atoms with E-state index in [0.717, 1.165) is 5.69 Å². The molecule has 0 unspecified atom stereocenters. The highest BCUT2D eigenvalue weighted by Gasteiger charge is 2.15. The summed E-state index contributed by atoms with van der Waals surface area (Å²) in [5, 5.41) is 24.8. The van der Waals surface area contributed by atoms with Crippen molar-refractivity contribution in [2.24, 2.45) is 0 Å². The van der Waals surface area contributed by atoms with Crippen molar-refractivity contribution in [3.8, 4) is 17.2 Å². The summed E-state index contributed by atoms with van der Waals surface area (Å²) in [6, 6.07) is 9.81. The van der Waals surface area contributed by atoms with Gasteiger partial charge in [-0.05, 0) is 30.3 Å². The van der Waals surface area contributed by atoms with Crippen LogP contribution in [0, 0.1) is 0 Å². The number of amides is 1. The molecule has 2 aromatic carbocycles. The zero-order valence-electron chi connectivity index (χ0n) is 11.1. The summed E-state index contributed by atoms with van der Waals surface area (Å²) in [5.74, 6) is 0.491. The maximum absolute atomic E-state index is 11.3. The number of phenols is 2. The lowest BCUT2D eigenvalue weighted by atomic mass is 10.1. The summed E-state index contributed by atoms with van der Waals surface area (Å²) in [7, 11) is 0. The third-order valence-corrected chi connectivity index (χ3v) is 3.16. The molecule has 21 heavy (non-hydrogen) atoms. The summed E-state index contributed by atoms with van der Waals surface area (Å²) in [6.07, 6.45) is 0. The Kier molecular flexibility index (Phi) is 3.27. The lowest BCUT2D eigenvalue weighted by Crippen LogP contribution is -2.25. The van der Waals surface area contributed by atoms with Crippen LogP contribution in [-0.4, -0.2) is 22.7 Å². The zero-order chi connectivity index (χ0) is 14.8. The van der Waals surface area contributed by atoms with E-state index >= 15 is 0 Å². The molecule has 1 aliphatic heterocycles. The Balaban J connectivity index is 1.73. The largest absolute Gasteiger partial charge is 0.508 e. The van der Waals surface area contributed by atoms with E-state index in [9.17, 15) is 15.0 Å². The van der Waals surface area contributed by atoms with Crippen LogP contribution in [0.1, 0.15) is 5.56 Å². The number of benzene rings is 2. The van der Waals surface area contributed by atoms with Crippen LogP contribution in [0.4, 0.5) is 11.4 Å². The first-order valence-corrected chi connectivity index (χ1v) is 6.43. The average Bonchev–Trinajstić information content (AvgIpc) is 2.46. The molecule has 4 N–H and O–H groups in total. The lowest BCUT2D eigenvalue weighted by molar-refractivity contribution is -0.118. The molecule has 6 nitrogen and oxygen atoms in total.